The van der Waals surface area contributed by atoms with Gasteiger partial charge in [-0.15, -0.1) is 0 Å². The zero-order chi connectivity index (χ0) is 24.5. The molecule has 1 aliphatic heterocycles. The van der Waals surface area contributed by atoms with E-state index in [-0.39, 0.29) is 29.2 Å². The summed E-state index contributed by atoms with van der Waals surface area (Å²) in [5, 5.41) is 3.38. The second kappa shape index (κ2) is 9.77. The van der Waals surface area contributed by atoms with Gasteiger partial charge in [0.25, 0.3) is 11.5 Å². The molecule has 1 atom stereocenters. The Bertz CT molecular complexity index is 1340. The Morgan fingerprint density at radius 3 is 2.66 bits per heavy atom. The molecule has 8 heteroatoms. The first-order valence-corrected chi connectivity index (χ1v) is 12.6. The molecule has 184 valence electrons. The molecule has 0 unspecified atom stereocenters. The molecule has 5 rings (SSSR count). The summed E-state index contributed by atoms with van der Waals surface area (Å²) in [5.41, 5.74) is 1.64. The summed E-state index contributed by atoms with van der Waals surface area (Å²) >= 11 is 0. The van der Waals surface area contributed by atoms with Gasteiger partial charge >= 0.3 is 5.69 Å². The molecule has 2 fully saturated rings. The quantitative estimate of drug-likeness (QED) is 0.547. The first-order valence-electron chi connectivity index (χ1n) is 12.6. The number of benzene rings is 1. The summed E-state index contributed by atoms with van der Waals surface area (Å²) in [7, 11) is 0. The van der Waals surface area contributed by atoms with E-state index >= 15 is 0 Å². The van der Waals surface area contributed by atoms with Crippen molar-refractivity contribution >= 4 is 16.9 Å². The summed E-state index contributed by atoms with van der Waals surface area (Å²) in [4.78, 5) is 48.6. The number of aromatic nitrogens is 3. The first kappa shape index (κ1) is 23.5. The van der Waals surface area contributed by atoms with Crippen LogP contribution in [0.15, 0.2) is 46.0 Å². The van der Waals surface area contributed by atoms with Crippen molar-refractivity contribution in [2.45, 2.75) is 64.6 Å². The minimum absolute atomic E-state index is 0.00629. The minimum atomic E-state index is -0.556. The summed E-state index contributed by atoms with van der Waals surface area (Å²) in [6, 6.07) is 12.1. The number of aromatic amines is 1. The normalized spacial score (nSPS) is 18.8. The number of nitrogens with zero attached hydrogens (tertiary/aromatic N) is 3. The Labute approximate surface area is 204 Å². The number of fused-ring (bicyclic) bond motifs is 1. The number of hydrogen-bond donors (Lipinski definition) is 2. The molecule has 1 aromatic carbocycles. The Morgan fingerprint density at radius 1 is 1.17 bits per heavy atom. The number of piperidine rings is 1. The van der Waals surface area contributed by atoms with Gasteiger partial charge in [-0.05, 0) is 49.8 Å². The number of carbonyl (C=O) groups is 1. The minimum Gasteiger partial charge on any atom is -0.348 e. The van der Waals surface area contributed by atoms with Crippen LogP contribution in [-0.4, -0.2) is 44.5 Å². The molecular formula is C27H33N5O3. The zero-order valence-corrected chi connectivity index (χ0v) is 20.4. The monoisotopic (exact) mass is 475 g/mol. The number of H-pyrrole nitrogens is 1. The van der Waals surface area contributed by atoms with E-state index in [0.29, 0.717) is 17.8 Å². The van der Waals surface area contributed by atoms with E-state index in [4.69, 9.17) is 4.98 Å². The lowest BCUT2D eigenvalue weighted by Crippen LogP contribution is -2.47. The summed E-state index contributed by atoms with van der Waals surface area (Å²) in [6.45, 7) is 7.03. The molecule has 0 bridgehead atoms. The number of likely N-dealkylation sites (tertiary alicyclic amines) is 1. The Kier molecular flexibility index (Phi) is 6.56. The molecule has 8 nitrogen and oxygen atoms in total. The van der Waals surface area contributed by atoms with Crippen molar-refractivity contribution in [3.05, 3.63) is 74.1 Å². The van der Waals surface area contributed by atoms with Crippen molar-refractivity contribution in [1.29, 1.82) is 0 Å². The van der Waals surface area contributed by atoms with E-state index in [1.54, 1.807) is 6.07 Å². The maximum Gasteiger partial charge on any atom is 0.330 e. The molecule has 1 amide bonds. The lowest BCUT2D eigenvalue weighted by atomic mass is 10.0. The van der Waals surface area contributed by atoms with Crippen LogP contribution in [0.25, 0.3) is 11.0 Å². The van der Waals surface area contributed by atoms with E-state index in [2.05, 4.69) is 27.3 Å². The van der Waals surface area contributed by atoms with Gasteiger partial charge in [0, 0.05) is 37.3 Å². The van der Waals surface area contributed by atoms with Gasteiger partial charge in [0.1, 0.15) is 0 Å². The molecule has 2 aromatic heterocycles. The molecule has 1 aliphatic carbocycles. The summed E-state index contributed by atoms with van der Waals surface area (Å²) in [5.74, 6) is 0.193. The predicted octanol–water partition coefficient (Wildman–Crippen LogP) is 3.01. The fraction of sp³-hybridized carbons (Fsp3) is 0.481. The van der Waals surface area contributed by atoms with Crippen LogP contribution >= 0.6 is 0 Å². The lowest BCUT2D eigenvalue weighted by molar-refractivity contribution is 0.0902. The molecular weight excluding hydrogens is 442 g/mol. The zero-order valence-electron chi connectivity index (χ0n) is 20.4. The molecule has 1 saturated heterocycles. The Morgan fingerprint density at radius 2 is 1.94 bits per heavy atom. The van der Waals surface area contributed by atoms with E-state index < -0.39 is 11.2 Å². The smallest absolute Gasteiger partial charge is 0.330 e. The number of pyridine rings is 1. The molecule has 0 radical (unpaired) electrons. The van der Waals surface area contributed by atoms with Gasteiger partial charge in [-0.2, -0.15) is 0 Å². The number of hydrogen-bond acceptors (Lipinski definition) is 5. The molecule has 1 saturated carbocycles. The molecule has 0 spiro atoms. The van der Waals surface area contributed by atoms with Crippen molar-refractivity contribution < 1.29 is 4.79 Å². The van der Waals surface area contributed by atoms with Crippen LogP contribution in [0, 0.1) is 5.92 Å². The molecule has 3 aromatic rings. The molecule has 2 N–H and O–H groups in total. The second-order valence-electron chi connectivity index (χ2n) is 10.4. The van der Waals surface area contributed by atoms with Crippen LogP contribution in [-0.2, 0) is 13.1 Å². The van der Waals surface area contributed by atoms with Crippen LogP contribution in [0.4, 0.5) is 0 Å². The van der Waals surface area contributed by atoms with Crippen molar-refractivity contribution in [3.8, 4) is 0 Å². The second-order valence-corrected chi connectivity index (χ2v) is 10.4. The van der Waals surface area contributed by atoms with Crippen molar-refractivity contribution in [2.24, 2.45) is 5.92 Å². The average molecular weight is 476 g/mol. The van der Waals surface area contributed by atoms with Crippen LogP contribution < -0.4 is 16.6 Å². The van der Waals surface area contributed by atoms with E-state index in [9.17, 15) is 14.4 Å². The molecule has 35 heavy (non-hydrogen) atoms. The fourth-order valence-corrected chi connectivity index (χ4v) is 5.02. The van der Waals surface area contributed by atoms with Crippen molar-refractivity contribution in [2.75, 3.05) is 13.1 Å². The van der Waals surface area contributed by atoms with Gasteiger partial charge in [0.2, 0.25) is 0 Å². The van der Waals surface area contributed by atoms with Crippen molar-refractivity contribution in [1.82, 2.24) is 24.8 Å². The van der Waals surface area contributed by atoms with Gasteiger partial charge in [-0.3, -0.25) is 24.0 Å². The van der Waals surface area contributed by atoms with Crippen molar-refractivity contribution in [3.63, 3.8) is 0 Å². The lowest BCUT2D eigenvalue weighted by Gasteiger charge is -2.33. The van der Waals surface area contributed by atoms with Gasteiger partial charge in [-0.25, -0.2) is 9.78 Å². The van der Waals surface area contributed by atoms with Gasteiger partial charge in [0.15, 0.2) is 5.65 Å². The van der Waals surface area contributed by atoms with Crippen LogP contribution in [0.1, 0.15) is 67.1 Å². The summed E-state index contributed by atoms with van der Waals surface area (Å²) < 4.78 is 1.51. The van der Waals surface area contributed by atoms with Crippen LogP contribution in [0.3, 0.4) is 0 Å². The topological polar surface area (TPSA) is 100 Å². The van der Waals surface area contributed by atoms with E-state index in [1.165, 1.54) is 10.1 Å². The maximum absolute atomic E-state index is 13.6. The summed E-state index contributed by atoms with van der Waals surface area (Å²) in [6.07, 6.45) is 3.91. The Balaban J connectivity index is 1.45. The Hall–Kier alpha value is -3.26. The predicted molar refractivity (Wildman–Crippen MR) is 136 cm³/mol. The molecule has 2 aliphatic rings. The highest BCUT2D eigenvalue weighted by Crippen LogP contribution is 2.40. The number of nitrogens with one attached hydrogen (secondary N) is 2. The third-order valence-corrected chi connectivity index (χ3v) is 6.85. The first-order chi connectivity index (χ1) is 16.9. The third kappa shape index (κ3) is 5.22. The number of rotatable bonds is 7. The SMILES string of the molecule is CC(C)Cn1c(=O)[nH]c(=O)c2c(C(=O)N[C@H]3CCCN(Cc4ccccc4)C3)cc(C3CC3)nc21. The number of amides is 1. The van der Waals surface area contributed by atoms with E-state index in [1.807, 2.05) is 32.0 Å². The molecule has 3 heterocycles. The van der Waals surface area contributed by atoms with Crippen LogP contribution in [0.5, 0.6) is 0 Å². The highest BCUT2D eigenvalue weighted by molar-refractivity contribution is 6.05. The third-order valence-electron chi connectivity index (χ3n) is 6.85. The van der Waals surface area contributed by atoms with Crippen LogP contribution in [0.2, 0.25) is 0 Å². The maximum atomic E-state index is 13.6. The average Bonchev–Trinajstić information content (AvgIpc) is 3.67. The fourth-order valence-electron chi connectivity index (χ4n) is 5.02. The highest BCUT2D eigenvalue weighted by atomic mass is 16.2. The largest absolute Gasteiger partial charge is 0.348 e. The van der Waals surface area contributed by atoms with Gasteiger partial charge in [-0.1, -0.05) is 44.2 Å². The van der Waals surface area contributed by atoms with Gasteiger partial charge in [0.05, 0.1) is 10.9 Å². The number of carbonyl (C=O) groups excluding carboxylic acids is 1. The highest BCUT2D eigenvalue weighted by Gasteiger charge is 2.30. The van der Waals surface area contributed by atoms with E-state index in [0.717, 1.165) is 51.0 Å². The van der Waals surface area contributed by atoms with Gasteiger partial charge < -0.3 is 5.32 Å². The standard InChI is InChI=1S/C27H33N5O3/c1-17(2)14-32-24-23(26(34)30-27(32)35)21(13-22(29-24)19-10-11-19)25(33)28-20-9-6-12-31(16-20)15-18-7-4-3-5-8-18/h3-5,7-8,13,17,19-20H,6,9-12,14-16H2,1-2H3,(H,28,33)(H,30,34,35)/t20-/m0/s1.